The third-order valence-electron chi connectivity index (χ3n) is 3.78. The Morgan fingerprint density at radius 1 is 1.15 bits per heavy atom. The summed E-state index contributed by atoms with van der Waals surface area (Å²) in [5.74, 6) is -0.572. The smallest absolute Gasteiger partial charge is 0.261 e. The molecule has 0 aliphatic rings. The Morgan fingerprint density at radius 2 is 1.88 bits per heavy atom. The quantitative estimate of drug-likeness (QED) is 0.666. The van der Waals surface area contributed by atoms with Gasteiger partial charge in [-0.25, -0.2) is 4.98 Å². The summed E-state index contributed by atoms with van der Waals surface area (Å²) in [4.78, 5) is 40.3. The van der Waals surface area contributed by atoms with Gasteiger partial charge < -0.3 is 11.1 Å². The topological polar surface area (TPSA) is 107 Å². The first-order chi connectivity index (χ1) is 12.5. The van der Waals surface area contributed by atoms with Crippen LogP contribution in [0.4, 0.5) is 5.69 Å². The van der Waals surface area contributed by atoms with Gasteiger partial charge in [-0.1, -0.05) is 11.6 Å². The highest BCUT2D eigenvalue weighted by Crippen LogP contribution is 2.14. The number of Topliss-reactive ketones (excluding diaryl/α,β-unsaturated/α-hetero) is 1. The Labute approximate surface area is 153 Å². The van der Waals surface area contributed by atoms with Crippen molar-refractivity contribution in [1.82, 2.24) is 9.55 Å². The molecule has 1 heterocycles. The summed E-state index contributed by atoms with van der Waals surface area (Å²) in [6.45, 7) is -0.261. The fourth-order valence-corrected chi connectivity index (χ4v) is 2.62. The first-order valence-corrected chi connectivity index (χ1v) is 8.13. The van der Waals surface area contributed by atoms with Gasteiger partial charge in [-0.2, -0.15) is 0 Å². The van der Waals surface area contributed by atoms with Crippen LogP contribution in [0, 0.1) is 0 Å². The maximum atomic E-state index is 12.4. The van der Waals surface area contributed by atoms with E-state index in [1.54, 1.807) is 42.5 Å². The molecule has 1 aromatic heterocycles. The SMILES string of the molecule is NCC(=O)c1ccc(NC(=O)Cn2cnc3cc(Cl)ccc3c2=O)cc1. The van der Waals surface area contributed by atoms with Gasteiger partial charge in [0.05, 0.1) is 23.8 Å². The second-order valence-electron chi connectivity index (χ2n) is 5.59. The number of nitrogens with zero attached hydrogens (tertiary/aromatic N) is 2. The second kappa shape index (κ2) is 7.47. The predicted molar refractivity (Wildman–Crippen MR) is 99.5 cm³/mol. The number of carbonyl (C=O) groups is 2. The molecule has 0 saturated heterocycles. The summed E-state index contributed by atoms with van der Waals surface area (Å²) in [5.41, 5.74) is 6.43. The molecule has 0 fully saturated rings. The number of rotatable bonds is 5. The number of fused-ring (bicyclic) bond motifs is 1. The number of nitrogens with one attached hydrogen (secondary N) is 1. The van der Waals surface area contributed by atoms with Crippen LogP contribution in [0.5, 0.6) is 0 Å². The molecule has 3 aromatic rings. The van der Waals surface area contributed by atoms with Gasteiger partial charge in [-0.05, 0) is 42.5 Å². The van der Waals surface area contributed by atoms with E-state index in [2.05, 4.69) is 10.3 Å². The molecule has 132 valence electrons. The molecule has 7 nitrogen and oxygen atoms in total. The molecular formula is C18H15ClN4O3. The summed E-state index contributed by atoms with van der Waals surface area (Å²) in [6.07, 6.45) is 1.31. The molecule has 26 heavy (non-hydrogen) atoms. The first-order valence-electron chi connectivity index (χ1n) is 7.76. The lowest BCUT2D eigenvalue weighted by molar-refractivity contribution is -0.116. The zero-order valence-electron chi connectivity index (χ0n) is 13.6. The van der Waals surface area contributed by atoms with Gasteiger partial charge in [0.2, 0.25) is 5.91 Å². The third kappa shape index (κ3) is 3.79. The zero-order chi connectivity index (χ0) is 18.7. The number of nitrogens with two attached hydrogens (primary N) is 1. The van der Waals surface area contributed by atoms with E-state index < -0.39 is 0 Å². The van der Waals surface area contributed by atoms with E-state index in [9.17, 15) is 14.4 Å². The number of amides is 1. The number of aromatic nitrogens is 2. The Morgan fingerprint density at radius 3 is 2.58 bits per heavy atom. The lowest BCUT2D eigenvalue weighted by Crippen LogP contribution is -2.27. The molecule has 3 N–H and O–H groups in total. The van der Waals surface area contributed by atoms with E-state index in [0.717, 1.165) is 0 Å². The minimum atomic E-state index is -0.389. The number of halogens is 1. The molecule has 0 bridgehead atoms. The van der Waals surface area contributed by atoms with Crippen LogP contribution in [-0.2, 0) is 11.3 Å². The van der Waals surface area contributed by atoms with Gasteiger partial charge in [0, 0.05) is 16.3 Å². The Balaban J connectivity index is 1.75. The standard InChI is InChI=1S/C18H15ClN4O3/c19-12-3-6-14-15(7-12)21-10-23(18(14)26)9-17(25)22-13-4-1-11(2-5-13)16(24)8-20/h1-7,10H,8-9,20H2,(H,22,25). The average molecular weight is 371 g/mol. The number of benzene rings is 2. The predicted octanol–water partition coefficient (Wildman–Crippen LogP) is 1.83. The molecule has 2 aromatic carbocycles. The monoisotopic (exact) mass is 370 g/mol. The van der Waals surface area contributed by atoms with Gasteiger partial charge in [0.1, 0.15) is 6.54 Å². The van der Waals surface area contributed by atoms with Crippen molar-refractivity contribution in [1.29, 1.82) is 0 Å². The van der Waals surface area contributed by atoms with E-state index >= 15 is 0 Å². The van der Waals surface area contributed by atoms with Gasteiger partial charge in [0.25, 0.3) is 5.56 Å². The molecule has 0 unspecified atom stereocenters. The Bertz CT molecular complexity index is 1040. The minimum Gasteiger partial charge on any atom is -0.325 e. The molecule has 3 rings (SSSR count). The fourth-order valence-electron chi connectivity index (χ4n) is 2.46. The first kappa shape index (κ1) is 17.8. The maximum Gasteiger partial charge on any atom is 0.261 e. The molecule has 8 heteroatoms. The summed E-state index contributed by atoms with van der Waals surface area (Å²) in [6, 6.07) is 11.1. The van der Waals surface area contributed by atoms with Crippen molar-refractivity contribution in [2.45, 2.75) is 6.54 Å². The molecule has 0 saturated carbocycles. The highest BCUT2D eigenvalue weighted by Gasteiger charge is 2.09. The van der Waals surface area contributed by atoms with E-state index in [1.165, 1.54) is 10.9 Å². The normalized spacial score (nSPS) is 10.7. The van der Waals surface area contributed by atoms with Crippen LogP contribution in [-0.4, -0.2) is 27.8 Å². The van der Waals surface area contributed by atoms with E-state index in [1.807, 2.05) is 0 Å². The van der Waals surface area contributed by atoms with Gasteiger partial charge >= 0.3 is 0 Å². The van der Waals surface area contributed by atoms with Gasteiger partial charge in [0.15, 0.2) is 5.78 Å². The van der Waals surface area contributed by atoms with Crippen molar-refractivity contribution in [3.05, 3.63) is 69.7 Å². The second-order valence-corrected chi connectivity index (χ2v) is 6.03. The van der Waals surface area contributed by atoms with Crippen molar-refractivity contribution in [2.75, 3.05) is 11.9 Å². The Kier molecular flexibility index (Phi) is 5.11. The molecule has 0 radical (unpaired) electrons. The van der Waals surface area contributed by atoms with Crippen molar-refractivity contribution >= 4 is 39.9 Å². The number of ketones is 1. The highest BCUT2D eigenvalue weighted by atomic mass is 35.5. The van der Waals surface area contributed by atoms with Crippen LogP contribution in [0.2, 0.25) is 5.02 Å². The summed E-state index contributed by atoms with van der Waals surface area (Å²) in [7, 11) is 0. The van der Waals surface area contributed by atoms with Crippen LogP contribution in [0.3, 0.4) is 0 Å². The van der Waals surface area contributed by atoms with Crippen molar-refractivity contribution in [2.24, 2.45) is 5.73 Å². The van der Waals surface area contributed by atoms with Crippen LogP contribution in [0.25, 0.3) is 10.9 Å². The largest absolute Gasteiger partial charge is 0.325 e. The molecular weight excluding hydrogens is 356 g/mol. The van der Waals surface area contributed by atoms with Crippen molar-refractivity contribution in [3.8, 4) is 0 Å². The fraction of sp³-hybridized carbons (Fsp3) is 0.111. The zero-order valence-corrected chi connectivity index (χ0v) is 14.4. The summed E-state index contributed by atoms with van der Waals surface area (Å²) in [5, 5.41) is 3.54. The van der Waals surface area contributed by atoms with Crippen molar-refractivity contribution < 1.29 is 9.59 Å². The minimum absolute atomic E-state index is 0.0746. The number of hydrogen-bond acceptors (Lipinski definition) is 5. The summed E-state index contributed by atoms with van der Waals surface area (Å²) < 4.78 is 1.22. The number of carbonyl (C=O) groups excluding carboxylic acids is 2. The van der Waals surface area contributed by atoms with E-state index in [4.69, 9.17) is 17.3 Å². The summed E-state index contributed by atoms with van der Waals surface area (Å²) >= 11 is 5.88. The average Bonchev–Trinajstić information content (AvgIpc) is 2.64. The third-order valence-corrected chi connectivity index (χ3v) is 4.01. The molecule has 1 amide bonds. The van der Waals surface area contributed by atoms with E-state index in [-0.39, 0.29) is 30.3 Å². The Hall–Kier alpha value is -3.03. The van der Waals surface area contributed by atoms with Gasteiger partial charge in [-0.3, -0.25) is 19.0 Å². The maximum absolute atomic E-state index is 12.4. The van der Waals surface area contributed by atoms with Crippen LogP contribution in [0.15, 0.2) is 53.6 Å². The number of anilines is 1. The van der Waals surface area contributed by atoms with Gasteiger partial charge in [-0.15, -0.1) is 0 Å². The molecule has 0 aliphatic heterocycles. The molecule has 0 atom stereocenters. The lowest BCUT2D eigenvalue weighted by atomic mass is 10.1. The highest BCUT2D eigenvalue weighted by molar-refractivity contribution is 6.31. The number of hydrogen-bond donors (Lipinski definition) is 2. The van der Waals surface area contributed by atoms with E-state index in [0.29, 0.717) is 27.2 Å². The van der Waals surface area contributed by atoms with Crippen molar-refractivity contribution in [3.63, 3.8) is 0 Å². The molecule has 0 aliphatic carbocycles. The van der Waals surface area contributed by atoms with Crippen LogP contribution >= 0.6 is 11.6 Å². The lowest BCUT2D eigenvalue weighted by Gasteiger charge is -2.08. The molecule has 0 spiro atoms. The van der Waals surface area contributed by atoms with Crippen LogP contribution in [0.1, 0.15) is 10.4 Å². The van der Waals surface area contributed by atoms with Crippen LogP contribution < -0.4 is 16.6 Å².